The molecule has 0 aliphatic rings. The first-order valence-electron chi connectivity index (χ1n) is 9.28. The zero-order chi connectivity index (χ0) is 19.9. The summed E-state index contributed by atoms with van der Waals surface area (Å²) in [4.78, 5) is 12.6. The molecule has 0 bridgehead atoms. The van der Waals surface area contributed by atoms with Gasteiger partial charge in [0, 0.05) is 6.54 Å². The van der Waals surface area contributed by atoms with E-state index in [0.717, 1.165) is 18.4 Å². The van der Waals surface area contributed by atoms with E-state index in [1.54, 1.807) is 42.5 Å². The predicted octanol–water partition coefficient (Wildman–Crippen LogP) is 3.61. The Balaban J connectivity index is 2.29. The molecule has 2 aromatic carbocycles. The lowest BCUT2D eigenvalue weighted by atomic mass is 10.1. The molecular formula is C21H28N2O3S. The lowest BCUT2D eigenvalue weighted by Crippen LogP contribution is -2.41. The Kier molecular flexibility index (Phi) is 7.42. The topological polar surface area (TPSA) is 66.5 Å². The second-order valence-corrected chi connectivity index (χ2v) is 8.74. The van der Waals surface area contributed by atoms with Crippen molar-refractivity contribution in [2.45, 2.75) is 38.5 Å². The maximum atomic E-state index is 13.2. The number of anilines is 1. The number of amides is 1. The molecule has 2 aromatic rings. The highest BCUT2D eigenvalue weighted by Gasteiger charge is 2.26. The van der Waals surface area contributed by atoms with Crippen LogP contribution in [0.4, 0.5) is 5.69 Å². The molecule has 6 heteroatoms. The molecule has 1 N–H and O–H groups in total. The number of rotatable bonds is 9. The van der Waals surface area contributed by atoms with Crippen molar-refractivity contribution in [3.8, 4) is 0 Å². The van der Waals surface area contributed by atoms with Crippen molar-refractivity contribution < 1.29 is 13.2 Å². The molecule has 0 saturated heterocycles. The van der Waals surface area contributed by atoms with Gasteiger partial charge in [0.05, 0.1) is 10.6 Å². The Hall–Kier alpha value is -2.34. The molecule has 0 unspecified atom stereocenters. The molecule has 27 heavy (non-hydrogen) atoms. The van der Waals surface area contributed by atoms with Crippen LogP contribution in [-0.4, -0.2) is 27.4 Å². The van der Waals surface area contributed by atoms with Crippen LogP contribution in [0.25, 0.3) is 0 Å². The van der Waals surface area contributed by atoms with Crippen molar-refractivity contribution >= 4 is 21.6 Å². The minimum absolute atomic E-state index is 0.166. The van der Waals surface area contributed by atoms with Gasteiger partial charge in [0.1, 0.15) is 6.54 Å². The number of nitrogens with zero attached hydrogens (tertiary/aromatic N) is 1. The average molecular weight is 389 g/mol. The molecule has 146 valence electrons. The highest BCUT2D eigenvalue weighted by Crippen LogP contribution is 2.24. The third-order valence-corrected chi connectivity index (χ3v) is 6.08. The van der Waals surface area contributed by atoms with Crippen LogP contribution in [0.1, 0.15) is 32.8 Å². The van der Waals surface area contributed by atoms with Crippen molar-refractivity contribution in [1.29, 1.82) is 0 Å². The van der Waals surface area contributed by atoms with E-state index >= 15 is 0 Å². The molecule has 0 atom stereocenters. The maximum absolute atomic E-state index is 13.2. The van der Waals surface area contributed by atoms with Gasteiger partial charge in [-0.1, -0.05) is 51.1 Å². The van der Waals surface area contributed by atoms with Gasteiger partial charge < -0.3 is 5.32 Å². The maximum Gasteiger partial charge on any atom is 0.264 e. The number of hydrogen-bond donors (Lipinski definition) is 1. The fraction of sp³-hybridized carbons (Fsp3) is 0.381. The van der Waals surface area contributed by atoms with Crippen LogP contribution in [0.3, 0.4) is 0 Å². The first kappa shape index (κ1) is 21.0. The fourth-order valence-electron chi connectivity index (χ4n) is 2.62. The van der Waals surface area contributed by atoms with E-state index in [1.165, 1.54) is 4.31 Å². The summed E-state index contributed by atoms with van der Waals surface area (Å²) in [7, 11) is -3.84. The van der Waals surface area contributed by atoms with Gasteiger partial charge in [-0.05, 0) is 48.6 Å². The lowest BCUT2D eigenvalue weighted by molar-refractivity contribution is -0.119. The smallest absolute Gasteiger partial charge is 0.264 e. The second-order valence-electron chi connectivity index (χ2n) is 6.88. The van der Waals surface area contributed by atoms with E-state index in [2.05, 4.69) is 19.2 Å². The van der Waals surface area contributed by atoms with Crippen LogP contribution in [0.2, 0.25) is 0 Å². The molecule has 0 heterocycles. The van der Waals surface area contributed by atoms with Gasteiger partial charge in [0.2, 0.25) is 5.91 Å². The number of sulfonamides is 1. The average Bonchev–Trinajstić information content (AvgIpc) is 2.66. The van der Waals surface area contributed by atoms with Crippen LogP contribution in [0.5, 0.6) is 0 Å². The van der Waals surface area contributed by atoms with Crippen LogP contribution < -0.4 is 9.62 Å². The van der Waals surface area contributed by atoms with E-state index in [1.807, 2.05) is 19.1 Å². The highest BCUT2D eigenvalue weighted by atomic mass is 32.2. The molecular weight excluding hydrogens is 360 g/mol. The van der Waals surface area contributed by atoms with E-state index in [9.17, 15) is 13.2 Å². The van der Waals surface area contributed by atoms with Crippen LogP contribution in [0.15, 0.2) is 59.5 Å². The summed E-state index contributed by atoms with van der Waals surface area (Å²) in [6.45, 7) is 6.47. The van der Waals surface area contributed by atoms with E-state index in [-0.39, 0.29) is 17.3 Å². The standard InChI is InChI=1S/C21H28N2O3S/c1-4-18-10-12-19(13-11-18)23(16-21(24)22-15-14-17(2)3)27(25,26)20-8-6-5-7-9-20/h5-13,17H,4,14-16H2,1-3H3,(H,22,24). The van der Waals surface area contributed by atoms with Gasteiger partial charge >= 0.3 is 0 Å². The third kappa shape index (κ3) is 5.82. The van der Waals surface area contributed by atoms with Crippen molar-refractivity contribution in [3.63, 3.8) is 0 Å². The predicted molar refractivity (Wildman–Crippen MR) is 109 cm³/mol. The van der Waals surface area contributed by atoms with Gasteiger partial charge in [-0.2, -0.15) is 0 Å². The molecule has 0 aliphatic heterocycles. The summed E-state index contributed by atoms with van der Waals surface area (Å²) in [5.41, 5.74) is 1.59. The number of aryl methyl sites for hydroxylation is 1. The molecule has 0 fully saturated rings. The Morgan fingerprint density at radius 3 is 2.22 bits per heavy atom. The minimum atomic E-state index is -3.84. The number of benzene rings is 2. The van der Waals surface area contributed by atoms with Gasteiger partial charge in [-0.25, -0.2) is 8.42 Å². The summed E-state index contributed by atoms with van der Waals surface area (Å²) in [6.07, 6.45) is 1.71. The molecule has 0 aromatic heterocycles. The number of nitrogens with one attached hydrogen (secondary N) is 1. The van der Waals surface area contributed by atoms with Crippen molar-refractivity contribution in [2.24, 2.45) is 5.92 Å². The van der Waals surface area contributed by atoms with Crippen LogP contribution >= 0.6 is 0 Å². The molecule has 0 saturated carbocycles. The van der Waals surface area contributed by atoms with Crippen molar-refractivity contribution in [2.75, 3.05) is 17.4 Å². The Labute approximate surface area is 162 Å². The molecule has 0 aliphatic carbocycles. The Bertz CT molecular complexity index is 831. The van der Waals surface area contributed by atoms with Crippen LogP contribution in [0, 0.1) is 5.92 Å². The zero-order valence-corrected chi connectivity index (χ0v) is 17.0. The number of carbonyl (C=O) groups is 1. The molecule has 5 nitrogen and oxygen atoms in total. The minimum Gasteiger partial charge on any atom is -0.355 e. The lowest BCUT2D eigenvalue weighted by Gasteiger charge is -2.24. The van der Waals surface area contributed by atoms with Crippen molar-refractivity contribution in [3.05, 3.63) is 60.2 Å². The van der Waals surface area contributed by atoms with E-state index in [0.29, 0.717) is 18.2 Å². The first-order chi connectivity index (χ1) is 12.8. The van der Waals surface area contributed by atoms with E-state index in [4.69, 9.17) is 0 Å². The van der Waals surface area contributed by atoms with Gasteiger partial charge in [0.15, 0.2) is 0 Å². The molecule has 0 spiro atoms. The van der Waals surface area contributed by atoms with Crippen LogP contribution in [-0.2, 0) is 21.2 Å². The SMILES string of the molecule is CCc1ccc(N(CC(=O)NCCC(C)C)S(=O)(=O)c2ccccc2)cc1. The fourth-order valence-corrected chi connectivity index (χ4v) is 4.06. The normalized spacial score (nSPS) is 11.4. The quantitative estimate of drug-likeness (QED) is 0.714. The largest absolute Gasteiger partial charge is 0.355 e. The second kappa shape index (κ2) is 9.55. The monoisotopic (exact) mass is 388 g/mol. The summed E-state index contributed by atoms with van der Waals surface area (Å²) in [5, 5.41) is 2.82. The van der Waals surface area contributed by atoms with E-state index < -0.39 is 10.0 Å². The molecule has 2 rings (SSSR count). The number of hydrogen-bond acceptors (Lipinski definition) is 3. The summed E-state index contributed by atoms with van der Waals surface area (Å²) in [6, 6.07) is 15.5. The Morgan fingerprint density at radius 2 is 1.67 bits per heavy atom. The highest BCUT2D eigenvalue weighted by molar-refractivity contribution is 7.92. The van der Waals surface area contributed by atoms with Gasteiger partial charge in [-0.15, -0.1) is 0 Å². The first-order valence-corrected chi connectivity index (χ1v) is 10.7. The summed E-state index contributed by atoms with van der Waals surface area (Å²) < 4.78 is 27.5. The number of carbonyl (C=O) groups excluding carboxylic acids is 1. The zero-order valence-electron chi connectivity index (χ0n) is 16.2. The molecule has 0 radical (unpaired) electrons. The summed E-state index contributed by atoms with van der Waals surface area (Å²) >= 11 is 0. The van der Waals surface area contributed by atoms with Gasteiger partial charge in [-0.3, -0.25) is 9.10 Å². The molecule has 1 amide bonds. The van der Waals surface area contributed by atoms with Crippen molar-refractivity contribution in [1.82, 2.24) is 5.32 Å². The summed E-state index contributed by atoms with van der Waals surface area (Å²) in [5.74, 6) is 0.158. The van der Waals surface area contributed by atoms with Gasteiger partial charge in [0.25, 0.3) is 10.0 Å². The third-order valence-electron chi connectivity index (χ3n) is 4.29. The Morgan fingerprint density at radius 1 is 1.04 bits per heavy atom.